The molecule has 1 atom stereocenters. The molecule has 10 heteroatoms. The quantitative estimate of drug-likeness (QED) is 0.151. The Morgan fingerprint density at radius 1 is 0.868 bits per heavy atom. The Bertz CT molecular complexity index is 2330. The molecule has 6 aromatic rings. The number of fused-ring (bicyclic) bond motifs is 2. The summed E-state index contributed by atoms with van der Waals surface area (Å²) in [5.74, 6) is -0.929. The summed E-state index contributed by atoms with van der Waals surface area (Å²) in [5, 5.41) is 9.65. The first-order valence-corrected chi connectivity index (χ1v) is 17.8. The number of nitrogens with zero attached hydrogens (tertiary/aromatic N) is 3. The molecule has 2 aliphatic rings. The molecule has 0 amide bonds. The van der Waals surface area contributed by atoms with E-state index in [1.807, 2.05) is 74.5 Å². The van der Waals surface area contributed by atoms with Crippen LogP contribution in [-0.2, 0) is 31.0 Å². The van der Waals surface area contributed by atoms with Gasteiger partial charge in [0.25, 0.3) is 0 Å². The summed E-state index contributed by atoms with van der Waals surface area (Å²) in [7, 11) is 0. The van der Waals surface area contributed by atoms with Crippen LogP contribution in [0.3, 0.4) is 0 Å². The third kappa shape index (κ3) is 6.80. The molecule has 3 heterocycles. The fraction of sp³-hybridized carbons (Fsp3) is 0.256. The average molecular weight is 718 g/mol. The Morgan fingerprint density at radius 2 is 1.55 bits per heavy atom. The number of benzene rings is 5. The van der Waals surface area contributed by atoms with Crippen LogP contribution in [0, 0.1) is 19.7 Å². The maximum atomic E-state index is 15.6. The maximum Gasteiger partial charge on any atom is 0.387 e. The Hall–Kier alpha value is -5.45. The highest BCUT2D eigenvalue weighted by atomic mass is 19.3. The van der Waals surface area contributed by atoms with Gasteiger partial charge in [-0.05, 0) is 95.9 Å². The number of halogens is 3. The van der Waals surface area contributed by atoms with Crippen LogP contribution in [0.5, 0.6) is 5.75 Å². The minimum absolute atomic E-state index is 0.0739. The largest absolute Gasteiger partial charge is 0.480 e. The average Bonchev–Trinajstić information content (AvgIpc) is 3.88. The summed E-state index contributed by atoms with van der Waals surface area (Å²) in [6, 6.07) is 28.0. The van der Waals surface area contributed by atoms with Crippen LogP contribution in [0.2, 0.25) is 0 Å². The van der Waals surface area contributed by atoms with Crippen molar-refractivity contribution < 1.29 is 32.2 Å². The van der Waals surface area contributed by atoms with Crippen LogP contribution in [-0.4, -0.2) is 45.1 Å². The number of alkyl halides is 2. The minimum atomic E-state index is -3.07. The molecule has 1 fully saturated rings. The van der Waals surface area contributed by atoms with Gasteiger partial charge in [-0.3, -0.25) is 14.6 Å². The molecule has 0 unspecified atom stereocenters. The highest BCUT2D eigenvalue weighted by Gasteiger charge is 2.31. The lowest BCUT2D eigenvalue weighted by atomic mass is 9.89. The van der Waals surface area contributed by atoms with E-state index in [1.165, 1.54) is 17.2 Å². The van der Waals surface area contributed by atoms with Gasteiger partial charge in [0.1, 0.15) is 23.1 Å². The molecule has 0 aliphatic carbocycles. The van der Waals surface area contributed by atoms with Crippen molar-refractivity contribution in [2.75, 3.05) is 6.54 Å². The monoisotopic (exact) mass is 717 g/mol. The molecule has 0 bridgehead atoms. The van der Waals surface area contributed by atoms with E-state index in [4.69, 9.17) is 14.1 Å². The van der Waals surface area contributed by atoms with Crippen molar-refractivity contribution in [2.45, 2.75) is 65.5 Å². The molecule has 0 spiro atoms. The number of hydrogen-bond donors (Lipinski definition) is 1. The van der Waals surface area contributed by atoms with Gasteiger partial charge < -0.3 is 14.3 Å². The Morgan fingerprint density at radius 3 is 2.23 bits per heavy atom. The van der Waals surface area contributed by atoms with E-state index in [9.17, 15) is 18.7 Å². The van der Waals surface area contributed by atoms with Gasteiger partial charge in [-0.25, -0.2) is 9.37 Å². The van der Waals surface area contributed by atoms with E-state index >= 15 is 4.39 Å². The number of ether oxygens (including phenoxy) is 1. The SMILES string of the molecule is Cc1c(-c2ccc(CN3Cc4ccccc4C3)c(F)c2)cccc1-c1cccc(-c2nc3cc(CN4CCC[C@H]4C(=O)O)c(OC(F)F)cc3o2)c1C. The fourth-order valence-corrected chi connectivity index (χ4v) is 7.96. The van der Waals surface area contributed by atoms with Gasteiger partial charge in [-0.2, -0.15) is 8.78 Å². The molecule has 7 nitrogen and oxygen atoms in total. The van der Waals surface area contributed by atoms with Crippen LogP contribution >= 0.6 is 0 Å². The first kappa shape index (κ1) is 34.6. The number of likely N-dealkylation sites (tertiary alicyclic amines) is 1. The van der Waals surface area contributed by atoms with Gasteiger partial charge in [0.2, 0.25) is 5.89 Å². The van der Waals surface area contributed by atoms with Crippen molar-refractivity contribution in [2.24, 2.45) is 0 Å². The number of carboxylic acids is 1. The molecule has 0 saturated carbocycles. The summed E-state index contributed by atoms with van der Waals surface area (Å²) in [6.45, 7) is 3.76. The zero-order valence-corrected chi connectivity index (χ0v) is 29.4. The van der Waals surface area contributed by atoms with E-state index in [1.54, 1.807) is 17.0 Å². The molecule has 0 radical (unpaired) electrons. The second-order valence-electron chi connectivity index (χ2n) is 14.0. The second kappa shape index (κ2) is 14.2. The molecular weight excluding hydrogens is 679 g/mol. The first-order valence-electron chi connectivity index (χ1n) is 17.8. The van der Waals surface area contributed by atoms with Crippen LogP contribution in [0.15, 0.2) is 95.4 Å². The van der Waals surface area contributed by atoms with E-state index in [2.05, 4.69) is 17.0 Å². The predicted octanol–water partition coefficient (Wildman–Crippen LogP) is 9.75. The van der Waals surface area contributed by atoms with Crippen molar-refractivity contribution >= 4 is 17.1 Å². The third-order valence-corrected chi connectivity index (χ3v) is 10.7. The zero-order valence-electron chi connectivity index (χ0n) is 29.4. The number of carboxylic acid groups (broad SMARTS) is 1. The van der Waals surface area contributed by atoms with E-state index in [0.717, 1.165) is 52.0 Å². The Kier molecular flexibility index (Phi) is 9.26. The Labute approximate surface area is 305 Å². The topological polar surface area (TPSA) is 79.0 Å². The third-order valence-electron chi connectivity index (χ3n) is 10.7. The molecule has 1 N–H and O–H groups in total. The zero-order chi connectivity index (χ0) is 36.8. The van der Waals surface area contributed by atoms with Gasteiger partial charge in [-0.15, -0.1) is 0 Å². The van der Waals surface area contributed by atoms with Crippen molar-refractivity contribution in [1.29, 1.82) is 0 Å². The summed E-state index contributed by atoms with van der Waals surface area (Å²) in [6.07, 6.45) is 1.20. The van der Waals surface area contributed by atoms with Crippen LogP contribution in [0.4, 0.5) is 13.2 Å². The molecule has 53 heavy (non-hydrogen) atoms. The summed E-state index contributed by atoms with van der Waals surface area (Å²) < 4.78 is 53.6. The summed E-state index contributed by atoms with van der Waals surface area (Å²) in [4.78, 5) is 20.5. The van der Waals surface area contributed by atoms with Gasteiger partial charge in [-0.1, -0.05) is 66.7 Å². The number of rotatable bonds is 10. The van der Waals surface area contributed by atoms with Crippen molar-refractivity contribution in [3.63, 3.8) is 0 Å². The number of oxazole rings is 1. The molecule has 2 aliphatic heterocycles. The van der Waals surface area contributed by atoms with Gasteiger partial charge in [0, 0.05) is 48.9 Å². The lowest BCUT2D eigenvalue weighted by Gasteiger charge is -2.22. The number of aromatic nitrogens is 1. The minimum Gasteiger partial charge on any atom is -0.480 e. The van der Waals surface area contributed by atoms with Crippen molar-refractivity contribution in [1.82, 2.24) is 14.8 Å². The van der Waals surface area contributed by atoms with Crippen LogP contribution in [0.25, 0.3) is 44.8 Å². The number of hydrogen-bond acceptors (Lipinski definition) is 6. The maximum absolute atomic E-state index is 15.6. The van der Waals surface area contributed by atoms with Gasteiger partial charge in [0.15, 0.2) is 5.58 Å². The highest BCUT2D eigenvalue weighted by Crippen LogP contribution is 2.39. The molecule has 5 aromatic carbocycles. The van der Waals surface area contributed by atoms with Crippen molar-refractivity contribution in [3.05, 3.63) is 130 Å². The molecule has 1 aromatic heterocycles. The standard InChI is InChI=1S/C43H38F3N3O4/c1-25-32(27-15-16-30(36(44)18-27)23-48-21-28-8-3-4-9-29(28)22-48)10-5-11-33(25)34-12-6-13-35(26(34)2)41-47-37-19-31(24-49-17-7-14-38(49)42(50)51)39(53-43(45)46)20-40(37)52-41/h3-6,8-13,15-16,18-20,38,43H,7,14,17,21-24H2,1-2H3,(H,50,51)/t38-/m0/s1. The van der Waals surface area contributed by atoms with Crippen LogP contribution < -0.4 is 4.74 Å². The summed E-state index contributed by atoms with van der Waals surface area (Å²) >= 11 is 0. The second-order valence-corrected chi connectivity index (χ2v) is 14.0. The smallest absolute Gasteiger partial charge is 0.387 e. The highest BCUT2D eigenvalue weighted by molar-refractivity contribution is 5.85. The Balaban J connectivity index is 1.08. The van der Waals surface area contributed by atoms with Crippen LogP contribution in [0.1, 0.15) is 46.2 Å². The number of carbonyl (C=O) groups is 1. The van der Waals surface area contributed by atoms with Gasteiger partial charge in [0.05, 0.1) is 0 Å². The lowest BCUT2D eigenvalue weighted by Crippen LogP contribution is -2.35. The number of aliphatic carboxylic acids is 1. The van der Waals surface area contributed by atoms with E-state index in [0.29, 0.717) is 48.5 Å². The van der Waals surface area contributed by atoms with Crippen molar-refractivity contribution in [3.8, 4) is 39.5 Å². The van der Waals surface area contributed by atoms with E-state index < -0.39 is 18.6 Å². The lowest BCUT2D eigenvalue weighted by molar-refractivity contribution is -0.142. The molecule has 270 valence electrons. The predicted molar refractivity (Wildman–Crippen MR) is 197 cm³/mol. The fourth-order valence-electron chi connectivity index (χ4n) is 7.96. The molecular formula is C43H38F3N3O4. The molecule has 1 saturated heterocycles. The summed E-state index contributed by atoms with van der Waals surface area (Å²) in [5.41, 5.74) is 10.7. The van der Waals surface area contributed by atoms with E-state index in [-0.39, 0.29) is 23.7 Å². The molecule has 8 rings (SSSR count). The van der Waals surface area contributed by atoms with Gasteiger partial charge >= 0.3 is 12.6 Å². The normalized spacial score (nSPS) is 16.2. The first-order chi connectivity index (χ1) is 25.6.